The monoisotopic (exact) mass is 418 g/mol. The highest BCUT2D eigenvalue weighted by molar-refractivity contribution is 9.13. The Morgan fingerprint density at radius 1 is 1.30 bits per heavy atom. The molecular formula is C12H8Br2N2O3S. The zero-order chi connectivity index (χ0) is 14.9. The van der Waals surface area contributed by atoms with Crippen molar-refractivity contribution in [3.8, 4) is 0 Å². The Kier molecular flexibility index (Phi) is 4.56. The molecule has 0 radical (unpaired) electrons. The number of non-ortho nitro benzene ring substituents is 1. The molecule has 0 aliphatic rings. The topological polar surface area (TPSA) is 63.5 Å². The zero-order valence-corrected chi connectivity index (χ0v) is 14.2. The summed E-state index contributed by atoms with van der Waals surface area (Å²) in [4.78, 5) is 24.4. The van der Waals surface area contributed by atoms with Gasteiger partial charge >= 0.3 is 0 Å². The van der Waals surface area contributed by atoms with Gasteiger partial charge in [0.15, 0.2) is 0 Å². The number of amides is 1. The smallest absolute Gasteiger partial charge is 0.269 e. The minimum Gasteiger partial charge on any atom is -0.311 e. The third-order valence-corrected chi connectivity index (χ3v) is 5.85. The number of benzene rings is 1. The van der Waals surface area contributed by atoms with Gasteiger partial charge in [0.05, 0.1) is 13.6 Å². The number of hydrogen-bond donors (Lipinski definition) is 0. The summed E-state index contributed by atoms with van der Waals surface area (Å²) in [5, 5.41) is 10.6. The second-order valence-corrected chi connectivity index (χ2v) is 7.09. The minimum atomic E-state index is -0.473. The van der Waals surface area contributed by atoms with E-state index in [2.05, 4.69) is 31.9 Å². The van der Waals surface area contributed by atoms with Crippen LogP contribution in [0, 0.1) is 10.1 Å². The molecule has 0 N–H and O–H groups in total. The molecule has 0 bridgehead atoms. The van der Waals surface area contributed by atoms with Crippen molar-refractivity contribution in [3.05, 3.63) is 53.6 Å². The van der Waals surface area contributed by atoms with Crippen LogP contribution in [0.1, 0.15) is 9.67 Å². The molecule has 0 saturated carbocycles. The molecule has 0 aliphatic heterocycles. The maximum atomic E-state index is 12.3. The van der Waals surface area contributed by atoms with Gasteiger partial charge < -0.3 is 4.90 Å². The molecule has 1 aromatic carbocycles. The predicted octanol–water partition coefficient (Wildman–Crippen LogP) is 4.46. The van der Waals surface area contributed by atoms with Gasteiger partial charge in [0, 0.05) is 29.3 Å². The molecule has 0 saturated heterocycles. The van der Waals surface area contributed by atoms with Gasteiger partial charge in [-0.3, -0.25) is 14.9 Å². The maximum absolute atomic E-state index is 12.3. The summed E-state index contributed by atoms with van der Waals surface area (Å²) in [6.07, 6.45) is 0. The van der Waals surface area contributed by atoms with Crippen LogP contribution in [0.25, 0.3) is 0 Å². The Morgan fingerprint density at radius 3 is 2.35 bits per heavy atom. The van der Waals surface area contributed by atoms with Crippen molar-refractivity contribution in [2.45, 2.75) is 0 Å². The first-order valence-corrected chi connectivity index (χ1v) is 7.77. The van der Waals surface area contributed by atoms with Gasteiger partial charge in [-0.1, -0.05) is 0 Å². The lowest BCUT2D eigenvalue weighted by Crippen LogP contribution is -2.25. The van der Waals surface area contributed by atoms with E-state index >= 15 is 0 Å². The molecule has 5 nitrogen and oxygen atoms in total. The van der Waals surface area contributed by atoms with Gasteiger partial charge in [0.2, 0.25) is 0 Å². The van der Waals surface area contributed by atoms with E-state index in [0.29, 0.717) is 10.6 Å². The molecule has 8 heteroatoms. The average molecular weight is 420 g/mol. The molecule has 0 unspecified atom stereocenters. The number of thiophene rings is 1. The third-order valence-electron chi connectivity index (χ3n) is 2.61. The van der Waals surface area contributed by atoms with E-state index in [1.54, 1.807) is 25.2 Å². The Morgan fingerprint density at radius 2 is 1.90 bits per heavy atom. The standard InChI is InChI=1S/C12H8Br2N2O3S/c1-15(7-2-4-8(5-3-7)16(18)19)12(17)10-6-9(13)11(14)20-10/h2-6H,1H3. The van der Waals surface area contributed by atoms with Crippen LogP contribution in [0.4, 0.5) is 11.4 Å². The van der Waals surface area contributed by atoms with Gasteiger partial charge in [0.25, 0.3) is 11.6 Å². The fourth-order valence-corrected chi connectivity index (χ4v) is 3.54. The van der Waals surface area contributed by atoms with Crippen LogP contribution in [0.15, 0.2) is 38.6 Å². The molecule has 1 aromatic heterocycles. The molecule has 0 fully saturated rings. The van der Waals surface area contributed by atoms with Crippen LogP contribution < -0.4 is 4.90 Å². The van der Waals surface area contributed by atoms with E-state index in [0.717, 1.165) is 8.26 Å². The first kappa shape index (κ1) is 15.1. The van der Waals surface area contributed by atoms with Crippen LogP contribution in [0.2, 0.25) is 0 Å². The number of rotatable bonds is 3. The second kappa shape index (κ2) is 6.02. The molecule has 2 rings (SSSR count). The summed E-state index contributed by atoms with van der Waals surface area (Å²) >= 11 is 8.00. The van der Waals surface area contributed by atoms with Crippen LogP contribution in [-0.2, 0) is 0 Å². The van der Waals surface area contributed by atoms with Crippen molar-refractivity contribution in [2.24, 2.45) is 0 Å². The molecule has 20 heavy (non-hydrogen) atoms. The van der Waals surface area contributed by atoms with Crippen molar-refractivity contribution >= 4 is 60.5 Å². The Hall–Kier alpha value is -1.25. The fourth-order valence-electron chi connectivity index (χ4n) is 1.53. The molecule has 1 amide bonds. The van der Waals surface area contributed by atoms with E-state index in [9.17, 15) is 14.9 Å². The molecular weight excluding hydrogens is 412 g/mol. The van der Waals surface area contributed by atoms with Gasteiger partial charge in [0.1, 0.15) is 0 Å². The normalized spacial score (nSPS) is 10.3. The lowest BCUT2D eigenvalue weighted by molar-refractivity contribution is -0.384. The van der Waals surface area contributed by atoms with Gasteiger partial charge in [-0.2, -0.15) is 0 Å². The highest BCUT2D eigenvalue weighted by Gasteiger charge is 2.18. The average Bonchev–Trinajstić information content (AvgIpc) is 2.77. The van der Waals surface area contributed by atoms with Crippen LogP contribution in [0.3, 0.4) is 0 Å². The van der Waals surface area contributed by atoms with Crippen LogP contribution >= 0.6 is 43.2 Å². The summed E-state index contributed by atoms with van der Waals surface area (Å²) in [5.74, 6) is -0.171. The number of carbonyl (C=O) groups excluding carboxylic acids is 1. The summed E-state index contributed by atoms with van der Waals surface area (Å²) in [6, 6.07) is 7.58. The Labute approximate surface area is 135 Å². The fraction of sp³-hybridized carbons (Fsp3) is 0.0833. The largest absolute Gasteiger partial charge is 0.311 e. The number of nitro benzene ring substituents is 1. The number of nitro groups is 1. The summed E-state index contributed by atoms with van der Waals surface area (Å²) in [6.45, 7) is 0. The number of carbonyl (C=O) groups is 1. The van der Waals surface area contributed by atoms with Crippen LogP contribution in [-0.4, -0.2) is 17.9 Å². The van der Waals surface area contributed by atoms with Crippen molar-refractivity contribution in [3.63, 3.8) is 0 Å². The van der Waals surface area contributed by atoms with E-state index in [1.165, 1.54) is 28.4 Å². The van der Waals surface area contributed by atoms with Crippen molar-refractivity contribution < 1.29 is 9.72 Å². The third kappa shape index (κ3) is 3.08. The van der Waals surface area contributed by atoms with Gasteiger partial charge in [-0.25, -0.2) is 0 Å². The quantitative estimate of drug-likeness (QED) is 0.545. The number of halogens is 2. The van der Waals surface area contributed by atoms with Crippen molar-refractivity contribution in [1.29, 1.82) is 0 Å². The van der Waals surface area contributed by atoms with E-state index in [1.807, 2.05) is 0 Å². The summed E-state index contributed by atoms with van der Waals surface area (Å²) in [7, 11) is 1.63. The number of anilines is 1. The first-order valence-electron chi connectivity index (χ1n) is 5.37. The SMILES string of the molecule is CN(C(=O)c1cc(Br)c(Br)s1)c1ccc([N+](=O)[O-])cc1. The molecule has 1 heterocycles. The van der Waals surface area contributed by atoms with Gasteiger partial charge in [-0.15, -0.1) is 11.3 Å². The maximum Gasteiger partial charge on any atom is 0.269 e. The predicted molar refractivity (Wildman–Crippen MR) is 85.5 cm³/mol. The molecule has 2 aromatic rings. The summed E-state index contributed by atoms with van der Waals surface area (Å²) < 4.78 is 1.67. The lowest BCUT2D eigenvalue weighted by atomic mass is 10.2. The highest BCUT2D eigenvalue weighted by Crippen LogP contribution is 2.33. The number of nitrogens with zero attached hydrogens (tertiary/aromatic N) is 2. The van der Waals surface area contributed by atoms with Gasteiger partial charge in [-0.05, 0) is 50.1 Å². The van der Waals surface area contributed by atoms with Crippen molar-refractivity contribution in [1.82, 2.24) is 0 Å². The first-order chi connectivity index (χ1) is 9.40. The molecule has 0 atom stereocenters. The molecule has 104 valence electrons. The minimum absolute atomic E-state index is 0.00351. The van der Waals surface area contributed by atoms with Crippen LogP contribution in [0.5, 0.6) is 0 Å². The van der Waals surface area contributed by atoms with Crippen molar-refractivity contribution in [2.75, 3.05) is 11.9 Å². The molecule has 0 spiro atoms. The van der Waals surface area contributed by atoms with E-state index < -0.39 is 4.92 Å². The van der Waals surface area contributed by atoms with E-state index in [4.69, 9.17) is 0 Å². The summed E-state index contributed by atoms with van der Waals surface area (Å²) in [5.41, 5.74) is 0.595. The molecule has 0 aliphatic carbocycles. The van der Waals surface area contributed by atoms with E-state index in [-0.39, 0.29) is 11.6 Å². The zero-order valence-electron chi connectivity index (χ0n) is 10.2. The Bertz CT molecular complexity index is 650. The number of hydrogen-bond acceptors (Lipinski definition) is 4. The lowest BCUT2D eigenvalue weighted by Gasteiger charge is -2.15. The Balaban J connectivity index is 2.24. The highest BCUT2D eigenvalue weighted by atomic mass is 79.9. The second-order valence-electron chi connectivity index (χ2n) is 3.87.